The van der Waals surface area contributed by atoms with E-state index in [0.29, 0.717) is 12.5 Å². The van der Waals surface area contributed by atoms with Crippen molar-refractivity contribution in [2.45, 2.75) is 51.9 Å². The maximum absolute atomic E-state index is 10.7. The largest absolute Gasteiger partial charge is 0.466 e. The lowest BCUT2D eigenvalue weighted by molar-refractivity contribution is -0.142. The molecule has 15 heavy (non-hydrogen) atoms. The summed E-state index contributed by atoms with van der Waals surface area (Å²) < 4.78 is 5.05. The molecular formula is C13H23O2. The molecule has 1 radical (unpaired) electrons. The van der Waals surface area contributed by atoms with Gasteiger partial charge in [-0.05, 0) is 24.7 Å². The topological polar surface area (TPSA) is 26.3 Å². The first-order valence-corrected chi connectivity index (χ1v) is 6.15. The van der Waals surface area contributed by atoms with E-state index in [1.54, 1.807) is 0 Å². The first-order chi connectivity index (χ1) is 7.22. The lowest BCUT2D eigenvalue weighted by atomic mass is 9.80. The van der Waals surface area contributed by atoms with Gasteiger partial charge in [0.15, 0.2) is 0 Å². The molecule has 0 amide bonds. The van der Waals surface area contributed by atoms with E-state index in [0.717, 1.165) is 12.3 Å². The van der Waals surface area contributed by atoms with Crippen molar-refractivity contribution in [3.8, 4) is 0 Å². The Morgan fingerprint density at radius 3 is 2.40 bits per heavy atom. The Morgan fingerprint density at radius 2 is 1.87 bits per heavy atom. The lowest BCUT2D eigenvalue weighted by Gasteiger charge is -2.27. The molecule has 1 rings (SSSR count). The number of hydrogen-bond donors (Lipinski definition) is 0. The SMILES string of the molecule is [CH2]CCCC1CCC(COC(C)=O)CC1. The summed E-state index contributed by atoms with van der Waals surface area (Å²) in [6.45, 7) is 6.00. The highest BCUT2D eigenvalue weighted by Crippen LogP contribution is 2.31. The molecule has 2 heteroatoms. The molecule has 0 aliphatic heterocycles. The predicted molar refractivity (Wildman–Crippen MR) is 61.3 cm³/mol. The van der Waals surface area contributed by atoms with E-state index in [2.05, 4.69) is 6.92 Å². The summed E-state index contributed by atoms with van der Waals surface area (Å²) in [4.78, 5) is 10.7. The van der Waals surface area contributed by atoms with Crippen molar-refractivity contribution in [2.75, 3.05) is 6.61 Å². The van der Waals surface area contributed by atoms with Gasteiger partial charge in [-0.2, -0.15) is 0 Å². The molecule has 0 spiro atoms. The van der Waals surface area contributed by atoms with Crippen LogP contribution in [0.2, 0.25) is 0 Å². The zero-order valence-electron chi connectivity index (χ0n) is 9.84. The van der Waals surface area contributed by atoms with Crippen molar-refractivity contribution in [1.29, 1.82) is 0 Å². The van der Waals surface area contributed by atoms with Gasteiger partial charge in [0.05, 0.1) is 6.61 Å². The molecule has 1 aliphatic carbocycles. The molecule has 0 heterocycles. The third-order valence-corrected chi connectivity index (χ3v) is 3.35. The summed E-state index contributed by atoms with van der Waals surface area (Å²) in [6.07, 6.45) is 8.75. The van der Waals surface area contributed by atoms with Crippen LogP contribution in [0.25, 0.3) is 0 Å². The van der Waals surface area contributed by atoms with Gasteiger partial charge >= 0.3 is 5.97 Å². The second-order valence-corrected chi connectivity index (χ2v) is 4.69. The second-order valence-electron chi connectivity index (χ2n) is 4.69. The molecule has 87 valence electrons. The molecule has 0 unspecified atom stereocenters. The van der Waals surface area contributed by atoms with Crippen LogP contribution < -0.4 is 0 Å². The van der Waals surface area contributed by atoms with Gasteiger partial charge < -0.3 is 4.74 Å². The highest BCUT2D eigenvalue weighted by molar-refractivity contribution is 5.65. The standard InChI is InChI=1S/C13H23O2/c1-3-4-5-12-6-8-13(9-7-12)10-15-11(2)14/h12-13H,1,3-10H2,2H3. The van der Waals surface area contributed by atoms with E-state index in [1.807, 2.05) is 0 Å². The quantitative estimate of drug-likeness (QED) is 0.652. The Bertz CT molecular complexity index is 181. The molecule has 0 N–H and O–H groups in total. The van der Waals surface area contributed by atoms with Crippen LogP contribution in [0.1, 0.15) is 51.9 Å². The average molecular weight is 211 g/mol. The summed E-state index contributed by atoms with van der Waals surface area (Å²) in [7, 11) is 0. The number of rotatable bonds is 5. The second kappa shape index (κ2) is 6.86. The summed E-state index contributed by atoms with van der Waals surface area (Å²) in [5.41, 5.74) is 0. The van der Waals surface area contributed by atoms with Crippen molar-refractivity contribution in [3.63, 3.8) is 0 Å². The Hall–Kier alpha value is -0.530. The minimum atomic E-state index is -0.144. The number of ether oxygens (including phenoxy) is 1. The van der Waals surface area contributed by atoms with Crippen LogP contribution in [0.4, 0.5) is 0 Å². The lowest BCUT2D eigenvalue weighted by Crippen LogP contribution is -2.19. The molecule has 0 atom stereocenters. The van der Waals surface area contributed by atoms with Gasteiger partial charge in [-0.1, -0.05) is 39.0 Å². The summed E-state index contributed by atoms with van der Waals surface area (Å²) in [5.74, 6) is 1.37. The van der Waals surface area contributed by atoms with E-state index >= 15 is 0 Å². The third-order valence-electron chi connectivity index (χ3n) is 3.35. The highest BCUT2D eigenvalue weighted by atomic mass is 16.5. The number of unbranched alkanes of at least 4 members (excludes halogenated alkanes) is 1. The smallest absolute Gasteiger partial charge is 0.302 e. The highest BCUT2D eigenvalue weighted by Gasteiger charge is 2.21. The first kappa shape index (κ1) is 12.5. The Kier molecular flexibility index (Phi) is 5.74. The van der Waals surface area contributed by atoms with Crippen LogP contribution in [0, 0.1) is 18.8 Å². The third kappa shape index (κ3) is 5.19. The van der Waals surface area contributed by atoms with Crippen LogP contribution >= 0.6 is 0 Å². The number of hydrogen-bond acceptors (Lipinski definition) is 2. The molecule has 0 aromatic carbocycles. The van der Waals surface area contributed by atoms with Crippen LogP contribution in [0.15, 0.2) is 0 Å². The number of carbonyl (C=O) groups excluding carboxylic acids is 1. The van der Waals surface area contributed by atoms with Gasteiger partial charge in [0, 0.05) is 6.92 Å². The molecule has 1 saturated carbocycles. The van der Waals surface area contributed by atoms with Gasteiger partial charge in [0.25, 0.3) is 0 Å². The monoisotopic (exact) mass is 211 g/mol. The van der Waals surface area contributed by atoms with Crippen molar-refractivity contribution < 1.29 is 9.53 Å². The number of esters is 1. The van der Waals surface area contributed by atoms with Crippen molar-refractivity contribution in [2.24, 2.45) is 11.8 Å². The van der Waals surface area contributed by atoms with E-state index < -0.39 is 0 Å². The fraction of sp³-hybridized carbons (Fsp3) is 0.846. The van der Waals surface area contributed by atoms with Gasteiger partial charge in [-0.15, -0.1) is 0 Å². The van der Waals surface area contributed by atoms with Crippen molar-refractivity contribution in [3.05, 3.63) is 6.92 Å². The van der Waals surface area contributed by atoms with E-state index in [1.165, 1.54) is 45.4 Å². The van der Waals surface area contributed by atoms with Crippen LogP contribution in [0.5, 0.6) is 0 Å². The maximum Gasteiger partial charge on any atom is 0.302 e. The molecule has 1 fully saturated rings. The first-order valence-electron chi connectivity index (χ1n) is 6.15. The fourth-order valence-electron chi connectivity index (χ4n) is 2.36. The zero-order valence-corrected chi connectivity index (χ0v) is 9.84. The molecule has 1 aliphatic rings. The van der Waals surface area contributed by atoms with E-state index in [4.69, 9.17) is 4.74 Å². The average Bonchev–Trinajstić information content (AvgIpc) is 2.25. The summed E-state index contributed by atoms with van der Waals surface area (Å²) >= 11 is 0. The Morgan fingerprint density at radius 1 is 1.27 bits per heavy atom. The molecule has 0 aromatic rings. The predicted octanol–water partition coefficient (Wildman–Crippen LogP) is 3.36. The fourth-order valence-corrected chi connectivity index (χ4v) is 2.36. The molecule has 2 nitrogen and oxygen atoms in total. The Balaban J connectivity index is 2.09. The van der Waals surface area contributed by atoms with Gasteiger partial charge in [0.2, 0.25) is 0 Å². The molecule has 0 aromatic heterocycles. The Labute approximate surface area is 93.4 Å². The summed E-state index contributed by atoms with van der Waals surface area (Å²) in [5, 5.41) is 0. The van der Waals surface area contributed by atoms with Crippen LogP contribution in [0.3, 0.4) is 0 Å². The summed E-state index contributed by atoms with van der Waals surface area (Å²) in [6, 6.07) is 0. The molecule has 0 bridgehead atoms. The maximum atomic E-state index is 10.7. The van der Waals surface area contributed by atoms with E-state index in [-0.39, 0.29) is 5.97 Å². The number of carbonyl (C=O) groups is 1. The normalized spacial score (nSPS) is 26.3. The van der Waals surface area contributed by atoms with Crippen molar-refractivity contribution >= 4 is 5.97 Å². The van der Waals surface area contributed by atoms with Gasteiger partial charge in [0.1, 0.15) is 0 Å². The molecular weight excluding hydrogens is 188 g/mol. The van der Waals surface area contributed by atoms with Crippen LogP contribution in [-0.4, -0.2) is 12.6 Å². The van der Waals surface area contributed by atoms with E-state index in [9.17, 15) is 4.79 Å². The minimum Gasteiger partial charge on any atom is -0.466 e. The molecule has 0 saturated heterocycles. The minimum absolute atomic E-state index is 0.144. The van der Waals surface area contributed by atoms with Gasteiger partial charge in [-0.3, -0.25) is 4.79 Å². The van der Waals surface area contributed by atoms with Crippen molar-refractivity contribution in [1.82, 2.24) is 0 Å². The van der Waals surface area contributed by atoms with Crippen LogP contribution in [-0.2, 0) is 9.53 Å². The zero-order chi connectivity index (χ0) is 11.1. The van der Waals surface area contributed by atoms with Gasteiger partial charge in [-0.25, -0.2) is 0 Å².